The third kappa shape index (κ3) is 5.02. The Morgan fingerprint density at radius 2 is 1.50 bits per heavy atom. The highest BCUT2D eigenvalue weighted by atomic mass is 35.5. The monoisotopic (exact) mass is 548 g/mol. The molecule has 34 heavy (non-hydrogen) atoms. The van der Waals surface area contributed by atoms with Crippen molar-refractivity contribution in [2.75, 3.05) is 32.7 Å². The summed E-state index contributed by atoms with van der Waals surface area (Å²) in [7, 11) is 2.90. The number of amides is 3. The number of rotatable bonds is 8. The molecule has 0 aromatic heterocycles. The molecule has 0 bridgehead atoms. The number of carbonyl (C=O) groups excluding carboxylic acids is 4. The first-order valence-corrected chi connectivity index (χ1v) is 11.0. The van der Waals surface area contributed by atoms with Gasteiger partial charge in [0.15, 0.2) is 6.61 Å². The van der Waals surface area contributed by atoms with E-state index in [1.165, 1.54) is 20.3 Å². The fraction of sp³-hybridized carbons (Fsp3) is 0.238. The predicted molar refractivity (Wildman–Crippen MR) is 126 cm³/mol. The lowest BCUT2D eigenvalue weighted by atomic mass is 10.1. The molecule has 9 nitrogen and oxygen atoms in total. The fourth-order valence-corrected chi connectivity index (χ4v) is 4.13. The van der Waals surface area contributed by atoms with Gasteiger partial charge >= 0.3 is 5.97 Å². The van der Waals surface area contributed by atoms with Gasteiger partial charge in [0.2, 0.25) is 0 Å². The van der Waals surface area contributed by atoms with Crippen LogP contribution in [-0.4, -0.2) is 56.0 Å². The molecule has 0 atom stereocenters. The molecule has 0 spiro atoms. The second-order valence-corrected chi connectivity index (χ2v) is 8.30. The first-order valence-electron chi connectivity index (χ1n) is 9.50. The molecule has 0 saturated heterocycles. The van der Waals surface area contributed by atoms with Gasteiger partial charge in [-0.25, -0.2) is 0 Å². The van der Waals surface area contributed by atoms with Crippen molar-refractivity contribution in [1.29, 1.82) is 0 Å². The van der Waals surface area contributed by atoms with Crippen molar-refractivity contribution < 1.29 is 33.4 Å². The van der Waals surface area contributed by atoms with Gasteiger partial charge in [0, 0.05) is 12.6 Å². The van der Waals surface area contributed by atoms with Gasteiger partial charge in [0.1, 0.15) is 11.5 Å². The molecule has 3 rings (SSSR count). The summed E-state index contributed by atoms with van der Waals surface area (Å²) in [5.74, 6) is -2.15. The molecule has 0 saturated carbocycles. The molecule has 13 heteroatoms. The van der Waals surface area contributed by atoms with E-state index in [0.717, 1.165) is 4.90 Å². The predicted octanol–water partition coefficient (Wildman–Crippen LogP) is 4.49. The standard InChI is InChI=1S/C21H16Cl4N2O7/c1-32-9-3-4-11(33-2)10(7-9)26-12(28)8-34-13(29)5-6-27-20(30)14-15(21(27)31)17(23)19(25)18(24)16(14)22/h3-4,7H,5-6,8H2,1-2H3,(H,26,28). The summed E-state index contributed by atoms with van der Waals surface area (Å²) in [5, 5.41) is 1.81. The number of hydrogen-bond acceptors (Lipinski definition) is 7. The van der Waals surface area contributed by atoms with Gasteiger partial charge in [0.05, 0.1) is 57.5 Å². The van der Waals surface area contributed by atoms with Crippen LogP contribution in [0.2, 0.25) is 20.1 Å². The van der Waals surface area contributed by atoms with Crippen molar-refractivity contribution in [3.8, 4) is 11.5 Å². The second kappa shape index (κ2) is 10.7. The highest BCUT2D eigenvalue weighted by Gasteiger charge is 2.41. The number of methoxy groups -OCH3 is 2. The molecule has 1 aliphatic rings. The van der Waals surface area contributed by atoms with Gasteiger partial charge in [-0.1, -0.05) is 46.4 Å². The summed E-state index contributed by atoms with van der Waals surface area (Å²) in [6.07, 6.45) is -0.377. The van der Waals surface area contributed by atoms with Crippen LogP contribution in [0.1, 0.15) is 27.1 Å². The van der Waals surface area contributed by atoms with Crippen molar-refractivity contribution in [3.05, 3.63) is 49.4 Å². The van der Waals surface area contributed by atoms with Crippen molar-refractivity contribution in [2.45, 2.75) is 6.42 Å². The maximum Gasteiger partial charge on any atom is 0.308 e. The third-order valence-electron chi connectivity index (χ3n) is 4.77. The van der Waals surface area contributed by atoms with Crippen LogP contribution in [0.3, 0.4) is 0 Å². The largest absolute Gasteiger partial charge is 0.497 e. The molecule has 1 N–H and O–H groups in total. The van der Waals surface area contributed by atoms with Gasteiger partial charge in [-0.2, -0.15) is 0 Å². The number of anilines is 1. The normalized spacial score (nSPS) is 12.5. The number of imide groups is 1. The van der Waals surface area contributed by atoms with Gasteiger partial charge in [-0.05, 0) is 12.1 Å². The maximum atomic E-state index is 12.7. The molecule has 2 aromatic carbocycles. The molecule has 0 unspecified atom stereocenters. The highest BCUT2D eigenvalue weighted by Crippen LogP contribution is 2.44. The van der Waals surface area contributed by atoms with Gasteiger partial charge in [-0.15, -0.1) is 0 Å². The molecule has 2 aromatic rings. The zero-order valence-corrected chi connectivity index (χ0v) is 20.7. The van der Waals surface area contributed by atoms with Crippen LogP contribution in [-0.2, 0) is 14.3 Å². The van der Waals surface area contributed by atoms with Crippen molar-refractivity contribution in [1.82, 2.24) is 4.90 Å². The Kier molecular flexibility index (Phi) is 8.14. The molecule has 0 aliphatic carbocycles. The average molecular weight is 550 g/mol. The lowest BCUT2D eigenvalue weighted by Gasteiger charge is -2.14. The third-order valence-corrected chi connectivity index (χ3v) is 6.57. The number of halogens is 4. The Morgan fingerprint density at radius 3 is 2.03 bits per heavy atom. The van der Waals surface area contributed by atoms with Gasteiger partial charge < -0.3 is 19.5 Å². The maximum absolute atomic E-state index is 12.7. The van der Waals surface area contributed by atoms with Crippen molar-refractivity contribution >= 4 is 75.8 Å². The molecule has 0 radical (unpaired) electrons. The number of ether oxygens (including phenoxy) is 3. The first-order chi connectivity index (χ1) is 16.1. The Balaban J connectivity index is 1.58. The summed E-state index contributed by atoms with van der Waals surface area (Å²) in [6, 6.07) is 4.78. The fourth-order valence-electron chi connectivity index (χ4n) is 3.12. The quantitative estimate of drug-likeness (QED) is 0.223. The Bertz CT molecular complexity index is 1160. The zero-order chi connectivity index (χ0) is 25.2. The van der Waals surface area contributed by atoms with E-state index in [1.807, 2.05) is 0 Å². The lowest BCUT2D eigenvalue weighted by Crippen LogP contribution is -2.32. The molecule has 0 fully saturated rings. The Morgan fingerprint density at radius 1 is 0.912 bits per heavy atom. The van der Waals surface area contributed by atoms with E-state index in [1.54, 1.807) is 12.1 Å². The second-order valence-electron chi connectivity index (χ2n) is 6.79. The van der Waals surface area contributed by atoms with E-state index < -0.39 is 30.3 Å². The minimum Gasteiger partial charge on any atom is -0.497 e. The van der Waals surface area contributed by atoms with Crippen molar-refractivity contribution in [3.63, 3.8) is 0 Å². The number of hydrogen-bond donors (Lipinski definition) is 1. The Hall–Kier alpha value is -2.72. The smallest absolute Gasteiger partial charge is 0.308 e. The summed E-state index contributed by atoms with van der Waals surface area (Å²) in [4.78, 5) is 50.4. The van der Waals surface area contributed by atoms with Crippen molar-refractivity contribution in [2.24, 2.45) is 0 Å². The van der Waals surface area contributed by atoms with E-state index in [-0.39, 0.29) is 44.2 Å². The summed E-state index contributed by atoms with van der Waals surface area (Å²) < 4.78 is 15.2. The van der Waals surface area contributed by atoms with Gasteiger partial charge in [-0.3, -0.25) is 24.1 Å². The van der Waals surface area contributed by atoms with Crippen LogP contribution >= 0.6 is 46.4 Å². The molecule has 3 amide bonds. The SMILES string of the molecule is COc1ccc(OC)c(NC(=O)COC(=O)CCN2C(=O)c3c(Cl)c(Cl)c(Cl)c(Cl)c3C2=O)c1. The van der Waals surface area contributed by atoms with Crippen LogP contribution in [0.5, 0.6) is 11.5 Å². The topological polar surface area (TPSA) is 111 Å². The number of fused-ring (bicyclic) bond motifs is 1. The Labute approximate surface area is 213 Å². The minimum atomic E-state index is -0.822. The molecular formula is C21H16Cl4N2O7. The summed E-state index contributed by atoms with van der Waals surface area (Å²) >= 11 is 24.1. The number of nitrogens with one attached hydrogen (secondary N) is 1. The van der Waals surface area contributed by atoms with E-state index in [2.05, 4.69) is 5.32 Å². The number of benzene rings is 2. The number of carbonyl (C=O) groups is 4. The average Bonchev–Trinajstić information content (AvgIpc) is 3.08. The minimum absolute atomic E-state index is 0.159. The zero-order valence-electron chi connectivity index (χ0n) is 17.7. The number of esters is 1. The summed E-state index contributed by atoms with van der Waals surface area (Å²) in [6.45, 7) is -0.942. The highest BCUT2D eigenvalue weighted by molar-refractivity contribution is 6.55. The first kappa shape index (κ1) is 25.9. The van der Waals surface area contributed by atoms with E-state index in [4.69, 9.17) is 60.6 Å². The van der Waals surface area contributed by atoms with Gasteiger partial charge in [0.25, 0.3) is 17.7 Å². The molecular weight excluding hydrogens is 534 g/mol. The van der Waals surface area contributed by atoms with E-state index in [9.17, 15) is 19.2 Å². The van der Waals surface area contributed by atoms with Crippen LogP contribution in [0.15, 0.2) is 18.2 Å². The molecule has 1 aliphatic heterocycles. The molecule has 1 heterocycles. The van der Waals surface area contributed by atoms with E-state index in [0.29, 0.717) is 17.2 Å². The van der Waals surface area contributed by atoms with Crippen LogP contribution < -0.4 is 14.8 Å². The number of nitrogens with zero attached hydrogens (tertiary/aromatic N) is 1. The lowest BCUT2D eigenvalue weighted by molar-refractivity contribution is -0.147. The van der Waals surface area contributed by atoms with Crippen LogP contribution in [0.4, 0.5) is 5.69 Å². The summed E-state index contributed by atoms with van der Waals surface area (Å²) in [5.41, 5.74) is -0.0582. The van der Waals surface area contributed by atoms with E-state index >= 15 is 0 Å². The van der Waals surface area contributed by atoms with Crippen LogP contribution in [0.25, 0.3) is 0 Å². The van der Waals surface area contributed by atoms with Crippen LogP contribution in [0, 0.1) is 0 Å². The molecule has 180 valence electrons.